The van der Waals surface area contributed by atoms with Crippen molar-refractivity contribution in [1.29, 1.82) is 5.26 Å². The van der Waals surface area contributed by atoms with Gasteiger partial charge in [0.05, 0.1) is 41.8 Å². The first kappa shape index (κ1) is 24.8. The van der Waals surface area contributed by atoms with Crippen LogP contribution in [0.1, 0.15) is 11.5 Å². The highest BCUT2D eigenvalue weighted by Gasteiger charge is 2.43. The molecule has 36 heavy (non-hydrogen) atoms. The number of nitrogens with zero attached hydrogens (tertiary/aromatic N) is 4. The van der Waals surface area contributed by atoms with E-state index in [4.69, 9.17) is 15.2 Å². The van der Waals surface area contributed by atoms with Gasteiger partial charge in [-0.1, -0.05) is 42.5 Å². The fourth-order valence-corrected chi connectivity index (χ4v) is 4.83. The molecule has 2 N–H and O–H groups in total. The van der Waals surface area contributed by atoms with E-state index < -0.39 is 17.9 Å². The van der Waals surface area contributed by atoms with E-state index >= 15 is 0 Å². The number of aromatic nitrogens is 2. The summed E-state index contributed by atoms with van der Waals surface area (Å²) < 4.78 is 12.6. The lowest BCUT2D eigenvalue weighted by atomic mass is 9.81. The molecular weight excluding hydrogens is 526 g/mol. The van der Waals surface area contributed by atoms with Crippen LogP contribution < -0.4 is 10.6 Å². The molecule has 1 aliphatic heterocycles. The lowest BCUT2D eigenvalue weighted by Crippen LogP contribution is -2.40. The van der Waals surface area contributed by atoms with Crippen LogP contribution in [0.5, 0.6) is 0 Å². The van der Waals surface area contributed by atoms with Crippen LogP contribution in [0.2, 0.25) is 0 Å². The molecule has 10 heteroatoms. The molecule has 0 saturated carbocycles. The predicted molar refractivity (Wildman–Crippen MR) is 136 cm³/mol. The molecule has 0 bridgehead atoms. The first-order chi connectivity index (χ1) is 17.3. The Morgan fingerprint density at radius 1 is 1.08 bits per heavy atom. The number of benzene rings is 2. The number of allylic oxidation sites excluding steroid dienone is 1. The van der Waals surface area contributed by atoms with Crippen molar-refractivity contribution in [1.82, 2.24) is 9.78 Å². The molecule has 0 amide bonds. The zero-order valence-corrected chi connectivity index (χ0v) is 21.3. The number of nitriles is 1. The number of rotatable bonds is 5. The maximum atomic E-state index is 13.2. The number of aryl methyl sites for hydroxylation is 1. The van der Waals surface area contributed by atoms with Crippen LogP contribution in [0.3, 0.4) is 0 Å². The number of hydrogen-bond donors (Lipinski definition) is 1. The summed E-state index contributed by atoms with van der Waals surface area (Å²) in [6.07, 6.45) is 1.81. The number of carbonyl (C=O) groups excluding carboxylic acids is 2. The minimum Gasteiger partial charge on any atom is -0.466 e. The van der Waals surface area contributed by atoms with Gasteiger partial charge in [-0.2, -0.15) is 10.4 Å². The quantitative estimate of drug-likeness (QED) is 0.479. The third kappa shape index (κ3) is 4.25. The van der Waals surface area contributed by atoms with Gasteiger partial charge in [-0.05, 0) is 33.6 Å². The van der Waals surface area contributed by atoms with Gasteiger partial charge in [-0.3, -0.25) is 9.58 Å². The van der Waals surface area contributed by atoms with E-state index in [2.05, 4.69) is 27.1 Å². The zero-order valence-electron chi connectivity index (χ0n) is 19.7. The average molecular weight is 548 g/mol. The molecule has 4 rings (SSSR count). The Balaban J connectivity index is 2.02. The third-order valence-electron chi connectivity index (χ3n) is 5.77. The average Bonchev–Trinajstić information content (AvgIpc) is 3.25. The van der Waals surface area contributed by atoms with E-state index in [0.717, 1.165) is 10.0 Å². The van der Waals surface area contributed by atoms with Gasteiger partial charge in [0, 0.05) is 24.5 Å². The van der Waals surface area contributed by atoms with Gasteiger partial charge >= 0.3 is 11.9 Å². The zero-order chi connectivity index (χ0) is 26.0. The molecule has 1 unspecified atom stereocenters. The molecule has 1 atom stereocenters. The third-order valence-corrected chi connectivity index (χ3v) is 6.35. The fourth-order valence-electron chi connectivity index (χ4n) is 4.23. The summed E-state index contributed by atoms with van der Waals surface area (Å²) in [5.74, 6) is -2.52. The standard InChI is InChI=1S/C26H22BrN5O4/c1-31-14-19(27)22(30-31)16-10-7-11-17(12-16)32-23(26(34)36-3)21(25(33)35-2)20(18(13-28)24(32)29)15-8-5-4-6-9-15/h4-12,14,20H,29H2,1-3H3. The molecule has 3 aromatic rings. The second-order valence-corrected chi connectivity index (χ2v) is 8.74. The van der Waals surface area contributed by atoms with Gasteiger partial charge in [-0.15, -0.1) is 0 Å². The normalized spacial score (nSPS) is 15.5. The highest BCUT2D eigenvalue weighted by molar-refractivity contribution is 9.10. The molecule has 1 aromatic heterocycles. The summed E-state index contributed by atoms with van der Waals surface area (Å²) in [5, 5.41) is 14.6. The second kappa shape index (κ2) is 10.1. The van der Waals surface area contributed by atoms with Crippen molar-refractivity contribution in [3.63, 3.8) is 0 Å². The van der Waals surface area contributed by atoms with Crippen molar-refractivity contribution >= 4 is 33.6 Å². The number of esters is 2. The number of ether oxygens (including phenoxy) is 2. The Morgan fingerprint density at radius 2 is 1.78 bits per heavy atom. The summed E-state index contributed by atoms with van der Waals surface area (Å²) in [6.45, 7) is 0. The summed E-state index contributed by atoms with van der Waals surface area (Å²) in [6, 6.07) is 18.1. The van der Waals surface area contributed by atoms with Crippen LogP contribution >= 0.6 is 15.9 Å². The van der Waals surface area contributed by atoms with Crippen molar-refractivity contribution in [3.8, 4) is 17.3 Å². The molecular formula is C26H22BrN5O4. The molecule has 2 aromatic carbocycles. The Kier molecular flexibility index (Phi) is 6.94. The van der Waals surface area contributed by atoms with Gasteiger partial charge in [0.1, 0.15) is 17.2 Å². The Morgan fingerprint density at radius 3 is 2.36 bits per heavy atom. The fraction of sp³-hybridized carbons (Fsp3) is 0.154. The predicted octanol–water partition coefficient (Wildman–Crippen LogP) is 3.75. The smallest absolute Gasteiger partial charge is 0.355 e. The number of anilines is 1. The van der Waals surface area contributed by atoms with Crippen molar-refractivity contribution in [3.05, 3.63) is 93.5 Å². The first-order valence-electron chi connectivity index (χ1n) is 10.8. The van der Waals surface area contributed by atoms with Crippen LogP contribution in [0.25, 0.3) is 11.3 Å². The molecule has 0 radical (unpaired) electrons. The second-order valence-electron chi connectivity index (χ2n) is 7.88. The molecule has 182 valence electrons. The van der Waals surface area contributed by atoms with Crippen LogP contribution in [0.15, 0.2) is 87.9 Å². The minimum atomic E-state index is -0.929. The maximum Gasteiger partial charge on any atom is 0.355 e. The van der Waals surface area contributed by atoms with Crippen LogP contribution in [0.4, 0.5) is 5.69 Å². The largest absolute Gasteiger partial charge is 0.466 e. The summed E-state index contributed by atoms with van der Waals surface area (Å²) in [5.41, 5.74) is 8.90. The van der Waals surface area contributed by atoms with E-state index in [1.54, 1.807) is 54.2 Å². The van der Waals surface area contributed by atoms with Crippen molar-refractivity contribution in [2.24, 2.45) is 12.8 Å². The van der Waals surface area contributed by atoms with E-state index in [1.807, 2.05) is 18.3 Å². The lowest BCUT2D eigenvalue weighted by molar-refractivity contribution is -0.139. The van der Waals surface area contributed by atoms with Crippen molar-refractivity contribution < 1.29 is 19.1 Å². The Bertz CT molecular complexity index is 1450. The molecule has 1 aliphatic rings. The van der Waals surface area contributed by atoms with Crippen molar-refractivity contribution in [2.45, 2.75) is 5.92 Å². The maximum absolute atomic E-state index is 13.2. The van der Waals surface area contributed by atoms with Crippen LogP contribution in [-0.4, -0.2) is 35.9 Å². The van der Waals surface area contributed by atoms with E-state index in [-0.39, 0.29) is 22.7 Å². The molecule has 0 fully saturated rings. The lowest BCUT2D eigenvalue weighted by Gasteiger charge is -2.36. The summed E-state index contributed by atoms with van der Waals surface area (Å²) >= 11 is 3.51. The molecule has 0 saturated heterocycles. The van der Waals surface area contributed by atoms with Gasteiger partial charge in [0.25, 0.3) is 0 Å². The highest BCUT2D eigenvalue weighted by atomic mass is 79.9. The topological polar surface area (TPSA) is 123 Å². The number of hydrogen-bond acceptors (Lipinski definition) is 8. The number of carbonyl (C=O) groups is 2. The Hall–Kier alpha value is -4.36. The van der Waals surface area contributed by atoms with Gasteiger partial charge in [-0.25, -0.2) is 9.59 Å². The SMILES string of the molecule is COC(=O)C1=C(C(=O)OC)N(c2cccc(-c3nn(C)cc3Br)c2)C(N)=C(C#N)C1c1ccccc1. The van der Waals surface area contributed by atoms with E-state index in [0.29, 0.717) is 16.9 Å². The highest BCUT2D eigenvalue weighted by Crippen LogP contribution is 2.43. The first-order valence-corrected chi connectivity index (χ1v) is 11.6. The number of halogens is 1. The molecule has 0 spiro atoms. The van der Waals surface area contributed by atoms with Crippen molar-refractivity contribution in [2.75, 3.05) is 19.1 Å². The monoisotopic (exact) mass is 547 g/mol. The summed E-state index contributed by atoms with van der Waals surface area (Å²) in [4.78, 5) is 27.7. The summed E-state index contributed by atoms with van der Waals surface area (Å²) in [7, 11) is 4.22. The van der Waals surface area contributed by atoms with Gasteiger partial charge in [0.15, 0.2) is 0 Å². The Labute approximate surface area is 216 Å². The molecule has 2 heterocycles. The van der Waals surface area contributed by atoms with E-state index in [1.165, 1.54) is 19.1 Å². The van der Waals surface area contributed by atoms with Gasteiger partial charge in [0.2, 0.25) is 0 Å². The number of methoxy groups -OCH3 is 2. The van der Waals surface area contributed by atoms with Crippen LogP contribution in [0, 0.1) is 11.3 Å². The molecule has 9 nitrogen and oxygen atoms in total. The van der Waals surface area contributed by atoms with Gasteiger partial charge < -0.3 is 15.2 Å². The number of nitrogens with two attached hydrogens (primary N) is 1. The van der Waals surface area contributed by atoms with E-state index in [9.17, 15) is 14.9 Å². The molecule has 0 aliphatic carbocycles. The minimum absolute atomic E-state index is 0.00311. The van der Waals surface area contributed by atoms with Crippen LogP contribution in [-0.2, 0) is 26.1 Å².